The lowest BCUT2D eigenvalue weighted by atomic mass is 9.99. The molecule has 2 rings (SSSR count). The van der Waals surface area contributed by atoms with E-state index in [4.69, 9.17) is 4.74 Å². The van der Waals surface area contributed by atoms with Gasteiger partial charge in [-0.05, 0) is 31.0 Å². The van der Waals surface area contributed by atoms with E-state index in [1.807, 2.05) is 26.0 Å². The van der Waals surface area contributed by atoms with Crippen molar-refractivity contribution in [3.05, 3.63) is 65.0 Å². The molecule has 0 radical (unpaired) electrons. The van der Waals surface area contributed by atoms with Crippen molar-refractivity contribution in [1.29, 1.82) is 0 Å². The van der Waals surface area contributed by atoms with Crippen LogP contribution < -0.4 is 4.74 Å². The second-order valence-corrected chi connectivity index (χ2v) is 4.81. The summed E-state index contributed by atoms with van der Waals surface area (Å²) < 4.78 is 19.6. The number of para-hydroxylation sites is 1. The van der Waals surface area contributed by atoms with E-state index in [1.165, 1.54) is 6.07 Å². The molecule has 1 N–H and O–H groups in total. The molecule has 0 saturated heterocycles. The molecule has 0 heterocycles. The lowest BCUT2D eigenvalue weighted by molar-refractivity contribution is 0.206. The van der Waals surface area contributed by atoms with Gasteiger partial charge in [0.2, 0.25) is 0 Å². The fraction of sp³-hybridized carbons (Fsp3) is 0.294. The zero-order valence-electron chi connectivity index (χ0n) is 11.8. The topological polar surface area (TPSA) is 29.5 Å². The minimum atomic E-state index is -1.02. The first kappa shape index (κ1) is 14.5. The van der Waals surface area contributed by atoms with Crippen molar-refractivity contribution in [2.45, 2.75) is 26.4 Å². The third-order valence-corrected chi connectivity index (χ3v) is 3.13. The molecule has 2 aromatic carbocycles. The van der Waals surface area contributed by atoms with E-state index in [0.29, 0.717) is 17.9 Å². The molecule has 1 atom stereocenters. The number of halogens is 1. The minimum Gasteiger partial charge on any atom is -0.493 e. The van der Waals surface area contributed by atoms with Crippen LogP contribution in [-0.4, -0.2) is 11.7 Å². The molecule has 0 spiro atoms. The van der Waals surface area contributed by atoms with Gasteiger partial charge < -0.3 is 9.84 Å². The summed E-state index contributed by atoms with van der Waals surface area (Å²) in [6.07, 6.45) is -0.146. The summed E-state index contributed by atoms with van der Waals surface area (Å²) in [5.74, 6) is 0.199. The first-order valence-corrected chi connectivity index (χ1v) is 6.79. The maximum absolute atomic E-state index is 14.0. The Morgan fingerprint density at radius 2 is 1.90 bits per heavy atom. The second kappa shape index (κ2) is 6.53. The number of hydrogen-bond acceptors (Lipinski definition) is 2. The molecule has 0 amide bonds. The summed E-state index contributed by atoms with van der Waals surface area (Å²) in [5.41, 5.74) is 1.68. The predicted molar refractivity (Wildman–Crippen MR) is 77.4 cm³/mol. The second-order valence-electron chi connectivity index (χ2n) is 4.81. The van der Waals surface area contributed by atoms with Gasteiger partial charge in [-0.15, -0.1) is 0 Å². The minimum absolute atomic E-state index is 0.267. The van der Waals surface area contributed by atoms with E-state index < -0.39 is 11.9 Å². The molecule has 20 heavy (non-hydrogen) atoms. The molecule has 3 heteroatoms. The van der Waals surface area contributed by atoms with Crippen molar-refractivity contribution in [2.75, 3.05) is 6.61 Å². The third kappa shape index (κ3) is 3.17. The maximum atomic E-state index is 14.0. The van der Waals surface area contributed by atoms with Gasteiger partial charge in [0.05, 0.1) is 6.61 Å². The number of rotatable bonds is 5. The van der Waals surface area contributed by atoms with Gasteiger partial charge in [0.1, 0.15) is 17.7 Å². The molecular formula is C17H19FO2. The van der Waals surface area contributed by atoms with Crippen LogP contribution >= 0.6 is 0 Å². The van der Waals surface area contributed by atoms with Crippen LogP contribution in [0, 0.1) is 12.7 Å². The number of aliphatic hydroxyl groups excluding tert-OH is 1. The Hall–Kier alpha value is -1.87. The van der Waals surface area contributed by atoms with E-state index in [0.717, 1.165) is 12.0 Å². The molecule has 1 unspecified atom stereocenters. The van der Waals surface area contributed by atoms with E-state index in [-0.39, 0.29) is 5.56 Å². The van der Waals surface area contributed by atoms with Crippen molar-refractivity contribution in [1.82, 2.24) is 0 Å². The number of aryl methyl sites for hydroxylation is 1. The standard InChI is InChI=1S/C17H19FO2/c1-3-10-20-16-7-5-4-6-14(16)17(19)13-9-8-12(2)11-15(13)18/h4-9,11,17,19H,3,10H2,1-2H3. The van der Waals surface area contributed by atoms with Crippen molar-refractivity contribution >= 4 is 0 Å². The summed E-state index contributed by atoms with van der Waals surface area (Å²) in [4.78, 5) is 0. The Bertz CT molecular complexity index is 581. The van der Waals surface area contributed by atoms with E-state index in [1.54, 1.807) is 24.3 Å². The summed E-state index contributed by atoms with van der Waals surface area (Å²) in [6.45, 7) is 4.40. The smallest absolute Gasteiger partial charge is 0.129 e. The zero-order chi connectivity index (χ0) is 14.5. The molecule has 0 fully saturated rings. The largest absolute Gasteiger partial charge is 0.493 e. The monoisotopic (exact) mass is 274 g/mol. The Morgan fingerprint density at radius 3 is 2.60 bits per heavy atom. The van der Waals surface area contributed by atoms with Crippen LogP contribution in [0.15, 0.2) is 42.5 Å². The Kier molecular flexibility index (Phi) is 4.74. The van der Waals surface area contributed by atoms with Crippen LogP contribution in [0.2, 0.25) is 0 Å². The summed E-state index contributed by atoms with van der Waals surface area (Å²) in [6, 6.07) is 12.0. The fourth-order valence-electron chi connectivity index (χ4n) is 2.07. The Balaban J connectivity index is 2.35. The van der Waals surface area contributed by atoms with Crippen LogP contribution in [0.1, 0.15) is 36.1 Å². The van der Waals surface area contributed by atoms with Crippen LogP contribution in [0.5, 0.6) is 5.75 Å². The van der Waals surface area contributed by atoms with E-state index in [2.05, 4.69) is 0 Å². The number of aliphatic hydroxyl groups is 1. The van der Waals surface area contributed by atoms with Gasteiger partial charge in [0.25, 0.3) is 0 Å². The third-order valence-electron chi connectivity index (χ3n) is 3.13. The van der Waals surface area contributed by atoms with E-state index >= 15 is 0 Å². The van der Waals surface area contributed by atoms with Gasteiger partial charge in [-0.2, -0.15) is 0 Å². The Morgan fingerprint density at radius 1 is 1.15 bits per heavy atom. The number of hydrogen-bond donors (Lipinski definition) is 1. The van der Waals surface area contributed by atoms with Crippen LogP contribution in [0.3, 0.4) is 0 Å². The highest BCUT2D eigenvalue weighted by Crippen LogP contribution is 2.31. The fourth-order valence-corrected chi connectivity index (χ4v) is 2.07. The molecular weight excluding hydrogens is 255 g/mol. The summed E-state index contributed by atoms with van der Waals surface area (Å²) in [5, 5.41) is 10.4. The zero-order valence-corrected chi connectivity index (χ0v) is 11.8. The van der Waals surface area contributed by atoms with Gasteiger partial charge in [-0.1, -0.05) is 37.3 Å². The summed E-state index contributed by atoms with van der Waals surface area (Å²) in [7, 11) is 0. The molecule has 106 valence electrons. The average molecular weight is 274 g/mol. The lowest BCUT2D eigenvalue weighted by Gasteiger charge is -2.17. The van der Waals surface area contributed by atoms with Crippen LogP contribution in [-0.2, 0) is 0 Å². The van der Waals surface area contributed by atoms with Crippen LogP contribution in [0.25, 0.3) is 0 Å². The highest BCUT2D eigenvalue weighted by Gasteiger charge is 2.18. The Labute approximate surface area is 118 Å². The highest BCUT2D eigenvalue weighted by atomic mass is 19.1. The SMILES string of the molecule is CCCOc1ccccc1C(O)c1ccc(C)cc1F. The molecule has 0 aliphatic rings. The maximum Gasteiger partial charge on any atom is 0.129 e. The molecule has 0 aliphatic heterocycles. The van der Waals surface area contributed by atoms with Gasteiger partial charge in [-0.25, -0.2) is 4.39 Å². The van der Waals surface area contributed by atoms with Crippen molar-refractivity contribution in [2.24, 2.45) is 0 Å². The van der Waals surface area contributed by atoms with Gasteiger partial charge >= 0.3 is 0 Å². The molecule has 2 aromatic rings. The molecule has 2 nitrogen and oxygen atoms in total. The number of ether oxygens (including phenoxy) is 1. The van der Waals surface area contributed by atoms with Gasteiger partial charge in [-0.3, -0.25) is 0 Å². The highest BCUT2D eigenvalue weighted by molar-refractivity contribution is 5.41. The van der Waals surface area contributed by atoms with Gasteiger partial charge in [0.15, 0.2) is 0 Å². The number of benzene rings is 2. The van der Waals surface area contributed by atoms with Gasteiger partial charge in [0, 0.05) is 11.1 Å². The first-order valence-electron chi connectivity index (χ1n) is 6.79. The lowest BCUT2D eigenvalue weighted by Crippen LogP contribution is -2.06. The first-order chi connectivity index (χ1) is 9.63. The van der Waals surface area contributed by atoms with Crippen molar-refractivity contribution in [3.63, 3.8) is 0 Å². The van der Waals surface area contributed by atoms with Crippen molar-refractivity contribution in [3.8, 4) is 5.75 Å². The van der Waals surface area contributed by atoms with Crippen LogP contribution in [0.4, 0.5) is 4.39 Å². The molecule has 0 aromatic heterocycles. The molecule has 0 saturated carbocycles. The van der Waals surface area contributed by atoms with E-state index in [9.17, 15) is 9.50 Å². The molecule has 0 aliphatic carbocycles. The average Bonchev–Trinajstić information content (AvgIpc) is 2.45. The molecule has 0 bridgehead atoms. The predicted octanol–water partition coefficient (Wildman–Crippen LogP) is 4.00. The normalized spacial score (nSPS) is 12.2. The van der Waals surface area contributed by atoms with Crippen molar-refractivity contribution < 1.29 is 14.2 Å². The quantitative estimate of drug-likeness (QED) is 0.892. The summed E-state index contributed by atoms with van der Waals surface area (Å²) >= 11 is 0.